The lowest BCUT2D eigenvalue weighted by Crippen LogP contribution is -1.85. The highest BCUT2D eigenvalue weighted by Crippen LogP contribution is 2.24. The zero-order chi connectivity index (χ0) is 8.97. The average Bonchev–Trinajstić information content (AvgIpc) is 2.06. The molecule has 0 spiro atoms. The Morgan fingerprint density at radius 2 is 1.75 bits per heavy atom. The van der Waals surface area contributed by atoms with Gasteiger partial charge in [0.1, 0.15) is 4.84 Å². The molecule has 66 valence electrons. The van der Waals surface area contributed by atoms with E-state index in [2.05, 4.69) is 19.1 Å². The molecule has 0 saturated carbocycles. The van der Waals surface area contributed by atoms with Gasteiger partial charge in [0, 0.05) is 0 Å². The molecule has 0 heterocycles. The van der Waals surface area contributed by atoms with Crippen molar-refractivity contribution in [2.45, 2.75) is 24.6 Å². The van der Waals surface area contributed by atoms with E-state index in [9.17, 15) is 0 Å². The van der Waals surface area contributed by atoms with Gasteiger partial charge in [-0.3, -0.25) is 0 Å². The van der Waals surface area contributed by atoms with Crippen LogP contribution in [0.25, 0.3) is 0 Å². The minimum atomic E-state index is -0.402. The first kappa shape index (κ1) is 9.88. The van der Waals surface area contributed by atoms with Crippen molar-refractivity contribution >= 4 is 23.2 Å². The van der Waals surface area contributed by atoms with Crippen LogP contribution in [0.4, 0.5) is 0 Å². The molecule has 0 fully saturated rings. The first-order valence-corrected chi connectivity index (χ1v) is 4.98. The maximum absolute atomic E-state index is 5.70. The van der Waals surface area contributed by atoms with Gasteiger partial charge < -0.3 is 0 Å². The van der Waals surface area contributed by atoms with Crippen molar-refractivity contribution in [1.82, 2.24) is 0 Å². The fourth-order valence-electron chi connectivity index (χ4n) is 1.12. The molecule has 0 unspecified atom stereocenters. The number of hydrogen-bond acceptors (Lipinski definition) is 0. The fraction of sp³-hybridized carbons (Fsp3) is 0.400. The molecule has 0 amide bonds. The first-order chi connectivity index (χ1) is 5.74. The number of aryl methyl sites for hydroxylation is 1. The molecular weight excluding hydrogens is 191 g/mol. The maximum atomic E-state index is 5.70. The Morgan fingerprint density at radius 3 is 2.17 bits per heavy atom. The van der Waals surface area contributed by atoms with E-state index in [1.807, 2.05) is 12.1 Å². The molecule has 0 aromatic heterocycles. The molecule has 0 aliphatic rings. The molecule has 1 aromatic carbocycles. The van der Waals surface area contributed by atoms with Crippen LogP contribution in [0.3, 0.4) is 0 Å². The van der Waals surface area contributed by atoms with E-state index in [0.29, 0.717) is 0 Å². The summed E-state index contributed by atoms with van der Waals surface area (Å²) in [5.41, 5.74) is 2.31. The molecule has 12 heavy (non-hydrogen) atoms. The van der Waals surface area contributed by atoms with Crippen LogP contribution < -0.4 is 0 Å². The van der Waals surface area contributed by atoms with E-state index in [-0.39, 0.29) is 0 Å². The van der Waals surface area contributed by atoms with Crippen molar-refractivity contribution in [2.75, 3.05) is 0 Å². The Labute approximate surface area is 83.5 Å². The topological polar surface area (TPSA) is 0 Å². The predicted octanol–water partition coefficient (Wildman–Crippen LogP) is 4.12. The second-order valence-electron chi connectivity index (χ2n) is 2.79. The molecule has 1 aromatic rings. The average molecular weight is 203 g/mol. The van der Waals surface area contributed by atoms with Gasteiger partial charge in [-0.25, -0.2) is 0 Å². The summed E-state index contributed by atoms with van der Waals surface area (Å²) in [5, 5.41) is 0. The minimum absolute atomic E-state index is 0.402. The summed E-state index contributed by atoms with van der Waals surface area (Å²) >= 11 is 11.4. The number of rotatable bonds is 3. The third kappa shape index (κ3) is 2.69. The fourth-order valence-corrected chi connectivity index (χ4v) is 1.41. The van der Waals surface area contributed by atoms with Gasteiger partial charge in [0.25, 0.3) is 0 Å². The van der Waals surface area contributed by atoms with E-state index < -0.39 is 4.84 Å². The number of halogens is 2. The summed E-state index contributed by atoms with van der Waals surface area (Å²) in [6.45, 7) is 2.17. The lowest BCUT2D eigenvalue weighted by molar-refractivity contribution is 0.921. The van der Waals surface area contributed by atoms with Crippen molar-refractivity contribution in [3.8, 4) is 0 Å². The van der Waals surface area contributed by atoms with Gasteiger partial charge in [0.2, 0.25) is 0 Å². The molecule has 0 N–H and O–H groups in total. The largest absolute Gasteiger partial charge is 0.132 e. The second kappa shape index (κ2) is 4.74. The summed E-state index contributed by atoms with van der Waals surface area (Å²) in [5.74, 6) is 0. The normalized spacial score (nSPS) is 10.7. The van der Waals surface area contributed by atoms with Gasteiger partial charge in [-0.1, -0.05) is 37.6 Å². The summed E-state index contributed by atoms with van der Waals surface area (Å²) in [4.78, 5) is -0.402. The van der Waals surface area contributed by atoms with E-state index in [4.69, 9.17) is 23.2 Å². The van der Waals surface area contributed by atoms with E-state index in [1.54, 1.807) is 0 Å². The quantitative estimate of drug-likeness (QED) is 0.648. The zero-order valence-electron chi connectivity index (χ0n) is 7.06. The highest BCUT2D eigenvalue weighted by molar-refractivity contribution is 6.44. The number of hydrogen-bond donors (Lipinski definition) is 0. The third-order valence-electron chi connectivity index (χ3n) is 1.77. The van der Waals surface area contributed by atoms with Crippen LogP contribution >= 0.6 is 23.2 Å². The molecule has 0 aliphatic carbocycles. The Bertz CT molecular complexity index is 226. The molecule has 0 atom stereocenters. The lowest BCUT2D eigenvalue weighted by atomic mass is 10.1. The lowest BCUT2D eigenvalue weighted by Gasteiger charge is -2.02. The summed E-state index contributed by atoms with van der Waals surface area (Å²) in [6, 6.07) is 8.12. The molecule has 2 heteroatoms. The molecule has 0 saturated heterocycles. The molecule has 0 nitrogen and oxygen atoms in total. The van der Waals surface area contributed by atoms with E-state index in [0.717, 1.165) is 12.0 Å². The van der Waals surface area contributed by atoms with Gasteiger partial charge in [-0.2, -0.15) is 0 Å². The third-order valence-corrected chi connectivity index (χ3v) is 2.27. The van der Waals surface area contributed by atoms with Crippen molar-refractivity contribution in [1.29, 1.82) is 0 Å². The number of benzene rings is 1. The second-order valence-corrected chi connectivity index (χ2v) is 3.89. The van der Waals surface area contributed by atoms with Crippen LogP contribution in [0.1, 0.15) is 29.3 Å². The Hall–Kier alpha value is -0.200. The Morgan fingerprint density at radius 1 is 1.17 bits per heavy atom. The van der Waals surface area contributed by atoms with Gasteiger partial charge >= 0.3 is 0 Å². The summed E-state index contributed by atoms with van der Waals surface area (Å²) in [6.07, 6.45) is 2.29. The summed E-state index contributed by atoms with van der Waals surface area (Å²) in [7, 11) is 0. The van der Waals surface area contributed by atoms with Crippen molar-refractivity contribution in [3.05, 3.63) is 35.4 Å². The summed E-state index contributed by atoms with van der Waals surface area (Å²) < 4.78 is 0. The van der Waals surface area contributed by atoms with Gasteiger partial charge in [-0.05, 0) is 17.5 Å². The van der Waals surface area contributed by atoms with Crippen LogP contribution in [0.2, 0.25) is 0 Å². The minimum Gasteiger partial charge on any atom is -0.100 e. The van der Waals surface area contributed by atoms with Gasteiger partial charge in [0.15, 0.2) is 0 Å². The Balaban J connectivity index is 2.71. The van der Waals surface area contributed by atoms with Crippen molar-refractivity contribution < 1.29 is 0 Å². The highest BCUT2D eigenvalue weighted by Gasteiger charge is 2.01. The first-order valence-electron chi connectivity index (χ1n) is 4.11. The molecule has 0 radical (unpaired) electrons. The standard InChI is InChI=1S/C10H12Cl2/c1-2-3-8-4-6-9(7-5-8)10(11)12/h4-7,10H,2-3H2,1H3. The number of alkyl halides is 2. The van der Waals surface area contributed by atoms with Crippen LogP contribution in [0.5, 0.6) is 0 Å². The highest BCUT2D eigenvalue weighted by atomic mass is 35.5. The van der Waals surface area contributed by atoms with Crippen molar-refractivity contribution in [2.24, 2.45) is 0 Å². The SMILES string of the molecule is CCCc1ccc(C(Cl)Cl)cc1. The molecule has 0 aliphatic heterocycles. The maximum Gasteiger partial charge on any atom is 0.132 e. The molecule has 0 bridgehead atoms. The van der Waals surface area contributed by atoms with Crippen molar-refractivity contribution in [3.63, 3.8) is 0 Å². The zero-order valence-corrected chi connectivity index (χ0v) is 8.57. The van der Waals surface area contributed by atoms with E-state index >= 15 is 0 Å². The monoisotopic (exact) mass is 202 g/mol. The Kier molecular flexibility index (Phi) is 3.90. The van der Waals surface area contributed by atoms with Gasteiger partial charge in [0.05, 0.1) is 0 Å². The van der Waals surface area contributed by atoms with Gasteiger partial charge in [-0.15, -0.1) is 23.2 Å². The van der Waals surface area contributed by atoms with Crippen LogP contribution in [-0.4, -0.2) is 0 Å². The van der Waals surface area contributed by atoms with E-state index in [1.165, 1.54) is 12.0 Å². The molecule has 1 rings (SSSR count). The van der Waals surface area contributed by atoms with Crippen LogP contribution in [0, 0.1) is 0 Å². The predicted molar refractivity (Wildman–Crippen MR) is 54.9 cm³/mol. The van der Waals surface area contributed by atoms with Crippen LogP contribution in [-0.2, 0) is 6.42 Å². The van der Waals surface area contributed by atoms with Crippen LogP contribution in [0.15, 0.2) is 24.3 Å². The smallest absolute Gasteiger partial charge is 0.100 e. The molecular formula is C10H12Cl2.